The summed E-state index contributed by atoms with van der Waals surface area (Å²) in [7, 11) is 0. The Bertz CT molecular complexity index is 992. The first-order valence-electron chi connectivity index (χ1n) is 7.70. The van der Waals surface area contributed by atoms with Gasteiger partial charge in [-0.2, -0.15) is 0 Å². The number of pyridine rings is 1. The van der Waals surface area contributed by atoms with Gasteiger partial charge in [0, 0.05) is 12.1 Å². The minimum absolute atomic E-state index is 0.0543. The van der Waals surface area contributed by atoms with Crippen LogP contribution >= 0.6 is 0 Å². The van der Waals surface area contributed by atoms with Crippen molar-refractivity contribution in [2.24, 2.45) is 16.0 Å². The zero-order valence-electron chi connectivity index (χ0n) is 14.5. The fourth-order valence-electron chi connectivity index (χ4n) is 2.52. The molecule has 2 aromatic rings. The number of rotatable bonds is 5. The van der Waals surface area contributed by atoms with Gasteiger partial charge in [0.2, 0.25) is 5.88 Å². The fourth-order valence-corrected chi connectivity index (χ4v) is 2.52. The molecule has 136 valence electrons. The van der Waals surface area contributed by atoms with Crippen molar-refractivity contribution < 1.29 is 19.8 Å². The number of aromatic hydroxyl groups is 1. The predicted octanol–water partition coefficient (Wildman–Crippen LogP) is 2.40. The third-order valence-electron chi connectivity index (χ3n) is 3.86. The minimum atomic E-state index is -1.19. The van der Waals surface area contributed by atoms with E-state index < -0.39 is 23.3 Å². The van der Waals surface area contributed by atoms with Gasteiger partial charge in [-0.1, -0.05) is 11.6 Å². The van der Waals surface area contributed by atoms with Gasteiger partial charge in [-0.15, -0.1) is 10.2 Å². The molecule has 9 nitrogen and oxygen atoms in total. The number of aromatic nitrogens is 1. The highest BCUT2D eigenvalue weighted by Crippen LogP contribution is 2.28. The van der Waals surface area contributed by atoms with E-state index in [1.165, 1.54) is 19.1 Å². The molecule has 1 amide bonds. The first-order valence-corrected chi connectivity index (χ1v) is 7.70. The Morgan fingerprint density at radius 1 is 1.23 bits per heavy atom. The molecule has 1 aromatic heterocycles. The second-order valence-electron chi connectivity index (χ2n) is 5.61. The zero-order chi connectivity index (χ0) is 19.6. The summed E-state index contributed by atoms with van der Waals surface area (Å²) in [5.41, 5.74) is 4.96. The van der Waals surface area contributed by atoms with Crippen LogP contribution in [0.15, 0.2) is 33.2 Å². The molecule has 0 radical (unpaired) electrons. The molecule has 1 heterocycles. The van der Waals surface area contributed by atoms with Gasteiger partial charge in [-0.3, -0.25) is 14.2 Å². The largest absolute Gasteiger partial charge is 0.494 e. The minimum Gasteiger partial charge on any atom is -0.494 e. The van der Waals surface area contributed by atoms with E-state index in [9.17, 15) is 24.6 Å². The quantitative estimate of drug-likeness (QED) is 0.702. The van der Waals surface area contributed by atoms with E-state index in [0.29, 0.717) is 0 Å². The highest BCUT2D eigenvalue weighted by molar-refractivity contribution is 5.97. The number of benzene rings is 1. The average Bonchev–Trinajstić information content (AvgIpc) is 2.55. The van der Waals surface area contributed by atoms with Gasteiger partial charge < -0.3 is 15.9 Å². The lowest BCUT2D eigenvalue weighted by Gasteiger charge is -2.13. The molecule has 0 fully saturated rings. The summed E-state index contributed by atoms with van der Waals surface area (Å²) >= 11 is 0. The monoisotopic (exact) mass is 358 g/mol. The number of amides is 1. The van der Waals surface area contributed by atoms with Gasteiger partial charge in [0.1, 0.15) is 11.3 Å². The van der Waals surface area contributed by atoms with Crippen LogP contribution in [0.3, 0.4) is 0 Å². The summed E-state index contributed by atoms with van der Waals surface area (Å²) in [4.78, 5) is 35.5. The number of carboxylic acids is 1. The smallest absolute Gasteiger partial charge is 0.337 e. The molecule has 26 heavy (non-hydrogen) atoms. The first kappa shape index (κ1) is 18.8. The topological polar surface area (TPSA) is 147 Å². The van der Waals surface area contributed by atoms with Crippen LogP contribution < -0.4 is 11.3 Å². The van der Waals surface area contributed by atoms with E-state index in [4.69, 9.17) is 5.73 Å². The van der Waals surface area contributed by atoms with Gasteiger partial charge in [-0.05, 0) is 32.9 Å². The van der Waals surface area contributed by atoms with Crippen molar-refractivity contribution >= 4 is 23.3 Å². The lowest BCUT2D eigenvalue weighted by Crippen LogP contribution is -2.25. The number of carbonyl (C=O) groups excluding carboxylic acids is 1. The number of nitrogens with zero attached hydrogens (tertiary/aromatic N) is 3. The summed E-state index contributed by atoms with van der Waals surface area (Å²) in [6, 6.07) is 4.55. The molecule has 0 aliphatic rings. The second kappa shape index (κ2) is 7.18. The SMILES string of the molecule is CCn1c(O)c(C(N)=O)c(C)c(N=Nc2ccc(C)cc2C(=O)O)c1=O. The van der Waals surface area contributed by atoms with Crippen LogP contribution in [0.1, 0.15) is 38.8 Å². The third kappa shape index (κ3) is 3.32. The van der Waals surface area contributed by atoms with Crippen molar-refractivity contribution in [2.45, 2.75) is 27.3 Å². The number of carboxylic acid groups (broad SMARTS) is 1. The normalized spacial score (nSPS) is 11.0. The van der Waals surface area contributed by atoms with Crippen molar-refractivity contribution in [3.05, 3.63) is 50.8 Å². The van der Waals surface area contributed by atoms with E-state index in [1.807, 2.05) is 0 Å². The Balaban J connectivity index is 2.70. The molecule has 2 rings (SSSR count). The second-order valence-corrected chi connectivity index (χ2v) is 5.61. The number of primary amides is 1. The number of aryl methyl sites for hydroxylation is 1. The van der Waals surface area contributed by atoms with Crippen molar-refractivity contribution in [1.29, 1.82) is 0 Å². The van der Waals surface area contributed by atoms with Crippen molar-refractivity contribution in [3.8, 4) is 5.88 Å². The maximum atomic E-state index is 12.5. The number of hydrogen-bond donors (Lipinski definition) is 3. The number of azo groups is 1. The van der Waals surface area contributed by atoms with Crippen LogP contribution in [-0.2, 0) is 6.54 Å². The zero-order valence-corrected chi connectivity index (χ0v) is 14.5. The Hall–Kier alpha value is -3.49. The standard InChI is InChI=1S/C17H18N4O5/c1-4-21-15(23)12(14(18)22)9(3)13(16(21)24)20-19-11-6-5-8(2)7-10(11)17(25)26/h5-7,23H,4H2,1-3H3,(H2,18,22)(H,25,26). The Morgan fingerprint density at radius 2 is 1.88 bits per heavy atom. The van der Waals surface area contributed by atoms with Gasteiger partial charge in [-0.25, -0.2) is 4.79 Å². The van der Waals surface area contributed by atoms with Crippen LogP contribution in [0.2, 0.25) is 0 Å². The number of aromatic carboxylic acids is 1. The summed E-state index contributed by atoms with van der Waals surface area (Å²) in [5, 5.41) is 27.1. The maximum Gasteiger partial charge on any atom is 0.337 e. The van der Waals surface area contributed by atoms with Crippen LogP contribution in [0.5, 0.6) is 5.88 Å². The van der Waals surface area contributed by atoms with Crippen LogP contribution in [0, 0.1) is 13.8 Å². The number of nitrogens with two attached hydrogens (primary N) is 1. The molecule has 0 unspecified atom stereocenters. The molecule has 0 atom stereocenters. The molecule has 4 N–H and O–H groups in total. The highest BCUT2D eigenvalue weighted by atomic mass is 16.4. The molecular formula is C17H18N4O5. The van der Waals surface area contributed by atoms with E-state index in [1.54, 1.807) is 19.9 Å². The molecule has 0 bridgehead atoms. The maximum absolute atomic E-state index is 12.5. The van der Waals surface area contributed by atoms with Crippen LogP contribution in [-0.4, -0.2) is 26.7 Å². The highest BCUT2D eigenvalue weighted by Gasteiger charge is 2.22. The van der Waals surface area contributed by atoms with E-state index in [0.717, 1.165) is 10.1 Å². The predicted molar refractivity (Wildman–Crippen MR) is 93.6 cm³/mol. The first-order chi connectivity index (χ1) is 12.2. The van der Waals surface area contributed by atoms with Crippen molar-refractivity contribution in [1.82, 2.24) is 4.57 Å². The van der Waals surface area contributed by atoms with Gasteiger partial charge in [0.05, 0.1) is 5.56 Å². The molecular weight excluding hydrogens is 340 g/mol. The lowest BCUT2D eigenvalue weighted by molar-refractivity contribution is 0.0697. The number of carbonyl (C=O) groups is 2. The third-order valence-corrected chi connectivity index (χ3v) is 3.86. The number of hydrogen-bond acceptors (Lipinski definition) is 6. The molecule has 0 spiro atoms. The Kier molecular flexibility index (Phi) is 5.20. The summed E-state index contributed by atoms with van der Waals surface area (Å²) in [5.74, 6) is -2.64. The van der Waals surface area contributed by atoms with E-state index in [2.05, 4.69) is 10.2 Å². The Morgan fingerprint density at radius 3 is 2.42 bits per heavy atom. The van der Waals surface area contributed by atoms with E-state index in [-0.39, 0.29) is 34.6 Å². The van der Waals surface area contributed by atoms with Gasteiger partial charge in [0.25, 0.3) is 11.5 Å². The van der Waals surface area contributed by atoms with Crippen LogP contribution in [0.4, 0.5) is 11.4 Å². The lowest BCUT2D eigenvalue weighted by atomic mass is 10.1. The van der Waals surface area contributed by atoms with E-state index >= 15 is 0 Å². The van der Waals surface area contributed by atoms with Crippen LogP contribution in [0.25, 0.3) is 0 Å². The van der Waals surface area contributed by atoms with Gasteiger partial charge in [0.15, 0.2) is 5.69 Å². The summed E-state index contributed by atoms with van der Waals surface area (Å²) < 4.78 is 0.939. The molecule has 0 saturated carbocycles. The molecule has 1 aromatic carbocycles. The van der Waals surface area contributed by atoms with Gasteiger partial charge >= 0.3 is 5.97 Å². The molecule has 0 saturated heterocycles. The summed E-state index contributed by atoms with van der Waals surface area (Å²) in [6.07, 6.45) is 0. The summed E-state index contributed by atoms with van der Waals surface area (Å²) in [6.45, 7) is 4.82. The fraction of sp³-hybridized carbons (Fsp3) is 0.235. The van der Waals surface area contributed by atoms with Crippen molar-refractivity contribution in [2.75, 3.05) is 0 Å². The Labute approximate surface area is 148 Å². The molecule has 0 aliphatic heterocycles. The average molecular weight is 358 g/mol. The molecule has 9 heteroatoms. The molecule has 0 aliphatic carbocycles. The van der Waals surface area contributed by atoms with Crippen molar-refractivity contribution in [3.63, 3.8) is 0 Å².